The van der Waals surface area contributed by atoms with Gasteiger partial charge in [0.2, 0.25) is 0 Å². The Morgan fingerprint density at radius 2 is 2.29 bits per heavy atom. The third-order valence-electron chi connectivity index (χ3n) is 2.95. The maximum absolute atomic E-state index is 5.09. The number of nitrogens with zero attached hydrogens (tertiary/aromatic N) is 1. The summed E-state index contributed by atoms with van der Waals surface area (Å²) in [5.74, 6) is 0. The molecule has 1 fully saturated rings. The minimum absolute atomic E-state index is 0.722. The quantitative estimate of drug-likeness (QED) is 0.688. The van der Waals surface area contributed by atoms with Crippen LogP contribution in [0.4, 0.5) is 0 Å². The van der Waals surface area contributed by atoms with Gasteiger partial charge in [0.25, 0.3) is 0 Å². The van der Waals surface area contributed by atoms with Crippen molar-refractivity contribution >= 4 is 0 Å². The van der Waals surface area contributed by atoms with Crippen molar-refractivity contribution in [3.63, 3.8) is 0 Å². The van der Waals surface area contributed by atoms with Crippen molar-refractivity contribution in [2.75, 3.05) is 39.9 Å². The summed E-state index contributed by atoms with van der Waals surface area (Å²) in [4.78, 5) is 2.60. The maximum atomic E-state index is 5.09. The number of hydrogen-bond acceptors (Lipinski definition) is 3. The second kappa shape index (κ2) is 7.21. The average molecular weight is 200 g/mol. The summed E-state index contributed by atoms with van der Waals surface area (Å²) in [6.07, 6.45) is 3.71. The lowest BCUT2D eigenvalue weighted by Gasteiger charge is -2.31. The molecule has 3 nitrogen and oxygen atoms in total. The van der Waals surface area contributed by atoms with E-state index in [2.05, 4.69) is 17.1 Å². The Morgan fingerprint density at radius 1 is 1.43 bits per heavy atom. The summed E-state index contributed by atoms with van der Waals surface area (Å²) in [6, 6.07) is 0.722. The molecule has 3 heteroatoms. The lowest BCUT2D eigenvalue weighted by atomic mass is 10.1. The highest BCUT2D eigenvalue weighted by Gasteiger charge is 2.14. The smallest absolute Gasteiger partial charge is 0.0474 e. The van der Waals surface area contributed by atoms with Crippen LogP contribution in [0.1, 0.15) is 26.2 Å². The number of rotatable bonds is 4. The summed E-state index contributed by atoms with van der Waals surface area (Å²) < 4.78 is 5.09. The van der Waals surface area contributed by atoms with Crippen molar-refractivity contribution in [3.05, 3.63) is 0 Å². The van der Waals surface area contributed by atoms with Gasteiger partial charge >= 0.3 is 0 Å². The first-order chi connectivity index (χ1) is 6.84. The first kappa shape index (κ1) is 12.0. The van der Waals surface area contributed by atoms with Crippen molar-refractivity contribution in [1.82, 2.24) is 10.2 Å². The fourth-order valence-electron chi connectivity index (χ4n) is 1.99. The standard InChI is InChI=1S/C11H24N2O/c1-11-5-7-12-6-3-8-13(11)9-4-10-14-2/h11-12H,3-10H2,1-2H3. The third kappa shape index (κ3) is 4.40. The van der Waals surface area contributed by atoms with Crippen LogP contribution >= 0.6 is 0 Å². The fourth-order valence-corrected chi connectivity index (χ4v) is 1.99. The van der Waals surface area contributed by atoms with Crippen LogP contribution in [0.5, 0.6) is 0 Å². The second-order valence-corrected chi connectivity index (χ2v) is 4.12. The van der Waals surface area contributed by atoms with Crippen LogP contribution in [0.15, 0.2) is 0 Å². The molecule has 0 aliphatic carbocycles. The highest BCUT2D eigenvalue weighted by molar-refractivity contribution is 4.71. The van der Waals surface area contributed by atoms with Gasteiger partial charge in [0, 0.05) is 26.3 Å². The van der Waals surface area contributed by atoms with Crippen molar-refractivity contribution in [2.24, 2.45) is 0 Å². The number of nitrogens with one attached hydrogen (secondary N) is 1. The van der Waals surface area contributed by atoms with Crippen molar-refractivity contribution in [3.8, 4) is 0 Å². The van der Waals surface area contributed by atoms with Crippen molar-refractivity contribution in [2.45, 2.75) is 32.2 Å². The van der Waals surface area contributed by atoms with Gasteiger partial charge in [-0.05, 0) is 45.8 Å². The molecule has 1 aliphatic rings. The molecule has 0 aromatic rings. The Hall–Kier alpha value is -0.120. The SMILES string of the molecule is COCCCN1CCCNCCC1C. The van der Waals surface area contributed by atoms with Crippen LogP contribution in [0, 0.1) is 0 Å². The minimum atomic E-state index is 0.722. The average Bonchev–Trinajstić information content (AvgIpc) is 2.17. The molecular weight excluding hydrogens is 176 g/mol. The van der Waals surface area contributed by atoms with E-state index in [0.717, 1.165) is 19.1 Å². The Balaban J connectivity index is 2.22. The maximum Gasteiger partial charge on any atom is 0.0474 e. The molecule has 1 rings (SSSR count). The molecule has 1 N–H and O–H groups in total. The van der Waals surface area contributed by atoms with Crippen LogP contribution in [0.2, 0.25) is 0 Å². The molecule has 1 atom stereocenters. The predicted octanol–water partition coefficient (Wildman–Crippen LogP) is 1.10. The van der Waals surface area contributed by atoms with Gasteiger partial charge in [0.15, 0.2) is 0 Å². The number of ether oxygens (including phenoxy) is 1. The van der Waals surface area contributed by atoms with Crippen LogP contribution in [0.3, 0.4) is 0 Å². The first-order valence-electron chi connectivity index (χ1n) is 5.78. The van der Waals surface area contributed by atoms with Gasteiger partial charge in [-0.25, -0.2) is 0 Å². The van der Waals surface area contributed by atoms with Crippen LogP contribution in [0.25, 0.3) is 0 Å². The highest BCUT2D eigenvalue weighted by atomic mass is 16.5. The molecule has 1 aliphatic heterocycles. The second-order valence-electron chi connectivity index (χ2n) is 4.12. The zero-order valence-electron chi connectivity index (χ0n) is 9.59. The van der Waals surface area contributed by atoms with Gasteiger partial charge in [0.05, 0.1) is 0 Å². The number of methoxy groups -OCH3 is 1. The molecule has 0 amide bonds. The van der Waals surface area contributed by atoms with Crippen LogP contribution < -0.4 is 5.32 Å². The fraction of sp³-hybridized carbons (Fsp3) is 1.00. The van der Waals surface area contributed by atoms with E-state index in [9.17, 15) is 0 Å². The Labute approximate surface area is 87.8 Å². The lowest BCUT2D eigenvalue weighted by Crippen LogP contribution is -2.40. The summed E-state index contributed by atoms with van der Waals surface area (Å²) in [6.45, 7) is 7.99. The molecule has 1 saturated heterocycles. The molecule has 0 aromatic heterocycles. The van der Waals surface area contributed by atoms with Crippen molar-refractivity contribution < 1.29 is 4.74 Å². The van der Waals surface area contributed by atoms with E-state index in [-0.39, 0.29) is 0 Å². The molecule has 0 radical (unpaired) electrons. The zero-order chi connectivity index (χ0) is 10.2. The normalized spacial score (nSPS) is 25.7. The molecule has 1 heterocycles. The summed E-state index contributed by atoms with van der Waals surface area (Å²) in [5, 5.41) is 3.45. The first-order valence-corrected chi connectivity index (χ1v) is 5.78. The topological polar surface area (TPSA) is 24.5 Å². The van der Waals surface area contributed by atoms with E-state index < -0.39 is 0 Å². The molecule has 1 unspecified atom stereocenters. The van der Waals surface area contributed by atoms with Gasteiger partial charge < -0.3 is 15.0 Å². The van der Waals surface area contributed by atoms with E-state index in [1.165, 1.54) is 39.0 Å². The van der Waals surface area contributed by atoms with E-state index in [0.29, 0.717) is 0 Å². The Bertz CT molecular complexity index is 141. The van der Waals surface area contributed by atoms with Crippen LogP contribution in [-0.2, 0) is 4.74 Å². The van der Waals surface area contributed by atoms with Gasteiger partial charge in [-0.1, -0.05) is 0 Å². The molecule has 14 heavy (non-hydrogen) atoms. The Morgan fingerprint density at radius 3 is 3.07 bits per heavy atom. The minimum Gasteiger partial charge on any atom is -0.385 e. The summed E-state index contributed by atoms with van der Waals surface area (Å²) >= 11 is 0. The largest absolute Gasteiger partial charge is 0.385 e. The number of hydrogen-bond donors (Lipinski definition) is 1. The molecular formula is C11H24N2O. The monoisotopic (exact) mass is 200 g/mol. The third-order valence-corrected chi connectivity index (χ3v) is 2.95. The summed E-state index contributed by atoms with van der Waals surface area (Å²) in [5.41, 5.74) is 0. The predicted molar refractivity (Wildman–Crippen MR) is 59.6 cm³/mol. The van der Waals surface area contributed by atoms with E-state index in [1.807, 2.05) is 0 Å². The highest BCUT2D eigenvalue weighted by Crippen LogP contribution is 2.07. The van der Waals surface area contributed by atoms with E-state index >= 15 is 0 Å². The van der Waals surface area contributed by atoms with Gasteiger partial charge in [-0.2, -0.15) is 0 Å². The lowest BCUT2D eigenvalue weighted by molar-refractivity contribution is 0.144. The van der Waals surface area contributed by atoms with E-state index in [4.69, 9.17) is 4.74 Å². The Kier molecular flexibility index (Phi) is 6.15. The van der Waals surface area contributed by atoms with Gasteiger partial charge in [0.1, 0.15) is 0 Å². The van der Waals surface area contributed by atoms with Gasteiger partial charge in [-0.3, -0.25) is 0 Å². The molecule has 84 valence electrons. The van der Waals surface area contributed by atoms with Crippen molar-refractivity contribution in [1.29, 1.82) is 0 Å². The molecule has 0 saturated carbocycles. The van der Waals surface area contributed by atoms with Crippen LogP contribution in [-0.4, -0.2) is 50.8 Å². The zero-order valence-corrected chi connectivity index (χ0v) is 9.59. The summed E-state index contributed by atoms with van der Waals surface area (Å²) in [7, 11) is 1.78. The molecule has 0 aromatic carbocycles. The van der Waals surface area contributed by atoms with Gasteiger partial charge in [-0.15, -0.1) is 0 Å². The molecule has 0 bridgehead atoms. The van der Waals surface area contributed by atoms with E-state index in [1.54, 1.807) is 7.11 Å². The molecule has 0 spiro atoms.